The monoisotopic (exact) mass is 947 g/mol. The van der Waals surface area contributed by atoms with Gasteiger partial charge in [0.1, 0.15) is 19.8 Å². The van der Waals surface area contributed by atoms with Crippen LogP contribution in [0.25, 0.3) is 22.5 Å². The number of carbonyl (C=O) groups is 1. The molecule has 19 heteroatoms. The van der Waals surface area contributed by atoms with Gasteiger partial charge in [0.2, 0.25) is 11.9 Å². The van der Waals surface area contributed by atoms with E-state index in [1.54, 1.807) is 80.4 Å². The lowest BCUT2D eigenvalue weighted by Crippen LogP contribution is -2.45. The summed E-state index contributed by atoms with van der Waals surface area (Å²) in [5.74, 6) is -0.575. The Labute approximate surface area is 403 Å². The van der Waals surface area contributed by atoms with Crippen LogP contribution >= 0.6 is 0 Å². The average molecular weight is 948 g/mol. The molecule has 0 aliphatic carbocycles. The summed E-state index contributed by atoms with van der Waals surface area (Å²) < 4.78 is 51.0. The number of nitriles is 2. The van der Waals surface area contributed by atoms with Gasteiger partial charge in [-0.15, -0.1) is 0 Å². The SMILES string of the molecule is Cc1cnc(Nc2cnn(C3CCN(C(=O)OCc4ccccc4)CC3n3cc(Nc4ncc(C)c(-c5ccc(OCC(C)(C)C#N)c(F)c5)n4)cn3)c2)nc1-c1ccc(OCC(C)(C)C#N)c(F)c1. The van der Waals surface area contributed by atoms with Gasteiger partial charge in [0.05, 0.1) is 70.2 Å². The third kappa shape index (κ3) is 11.4. The summed E-state index contributed by atoms with van der Waals surface area (Å²) in [5, 5.41) is 34.6. The molecule has 1 aliphatic rings. The molecule has 0 spiro atoms. The molecule has 7 aromatic rings. The van der Waals surface area contributed by atoms with Crippen molar-refractivity contribution in [3.8, 4) is 46.2 Å². The first-order valence-electron chi connectivity index (χ1n) is 22.5. The number of aryl methyl sites for hydroxylation is 2. The Hall–Kier alpha value is -8.45. The van der Waals surface area contributed by atoms with Gasteiger partial charge in [0.25, 0.3) is 0 Å². The van der Waals surface area contributed by atoms with E-state index < -0.39 is 34.6 Å². The first kappa shape index (κ1) is 48.0. The summed E-state index contributed by atoms with van der Waals surface area (Å²) in [7, 11) is 0. The second kappa shape index (κ2) is 20.4. The topological polar surface area (TPSA) is 207 Å². The number of likely N-dealkylation sites (tertiary alicyclic amines) is 1. The minimum Gasteiger partial charge on any atom is -0.489 e. The summed E-state index contributed by atoms with van der Waals surface area (Å²) in [6.07, 6.45) is 10.2. The lowest BCUT2D eigenvalue weighted by Gasteiger charge is -2.38. The quantitative estimate of drug-likeness (QED) is 0.0925. The van der Waals surface area contributed by atoms with E-state index in [0.717, 1.165) is 16.7 Å². The lowest BCUT2D eigenvalue weighted by atomic mass is 9.97. The number of nitrogens with zero attached hydrogens (tertiary/aromatic N) is 11. The van der Waals surface area contributed by atoms with Crippen LogP contribution < -0.4 is 20.1 Å². The van der Waals surface area contributed by atoms with E-state index >= 15 is 8.78 Å². The van der Waals surface area contributed by atoms with Crippen LogP contribution in [-0.4, -0.2) is 76.8 Å². The van der Waals surface area contributed by atoms with Gasteiger partial charge in [-0.2, -0.15) is 20.7 Å². The molecule has 1 aliphatic heterocycles. The first-order chi connectivity index (χ1) is 33.6. The van der Waals surface area contributed by atoms with Crippen molar-refractivity contribution in [1.82, 2.24) is 44.4 Å². The second-order valence-corrected chi connectivity index (χ2v) is 18.4. The maximum absolute atomic E-state index is 15.2. The molecule has 2 N–H and O–H groups in total. The second-order valence-electron chi connectivity index (χ2n) is 18.4. The van der Waals surface area contributed by atoms with E-state index in [4.69, 9.17) is 34.4 Å². The van der Waals surface area contributed by atoms with Crippen molar-refractivity contribution in [3.63, 3.8) is 0 Å². The van der Waals surface area contributed by atoms with Gasteiger partial charge in [0, 0.05) is 49.0 Å². The fraction of sp³-hybridized carbons (Fsp3) is 0.314. The number of halogens is 2. The highest BCUT2D eigenvalue weighted by Crippen LogP contribution is 2.35. The highest BCUT2D eigenvalue weighted by atomic mass is 19.1. The van der Waals surface area contributed by atoms with E-state index in [1.165, 1.54) is 24.3 Å². The molecule has 2 atom stereocenters. The molecule has 17 nitrogen and oxygen atoms in total. The van der Waals surface area contributed by atoms with Crippen LogP contribution in [0.1, 0.15) is 62.9 Å². The molecule has 1 saturated heterocycles. The Morgan fingerprint density at radius 2 is 1.23 bits per heavy atom. The molecule has 4 aromatic heterocycles. The number of piperidine rings is 1. The van der Waals surface area contributed by atoms with E-state index in [0.29, 0.717) is 46.9 Å². The smallest absolute Gasteiger partial charge is 0.410 e. The van der Waals surface area contributed by atoms with Gasteiger partial charge >= 0.3 is 6.09 Å². The summed E-state index contributed by atoms with van der Waals surface area (Å²) in [6.45, 7) is 11.3. The molecule has 3 aromatic carbocycles. The van der Waals surface area contributed by atoms with Crippen LogP contribution in [0, 0.1) is 59.0 Å². The molecule has 1 fully saturated rings. The fourth-order valence-corrected chi connectivity index (χ4v) is 7.59. The third-order valence-electron chi connectivity index (χ3n) is 11.5. The molecule has 0 radical (unpaired) electrons. The molecular formula is C51H51F2N13O4. The van der Waals surface area contributed by atoms with Gasteiger partial charge in [-0.3, -0.25) is 9.36 Å². The standard InChI is InChI=1S/C51H51F2N13O4/c1-32-20-56-47(62-45(32)35-12-14-43(39(52)18-35)69-30-50(3,4)28-54)60-37-22-58-65(24-37)41-16-17-64(49(67)68-27-34-10-8-7-9-11-34)26-42(41)66-25-38(23-59-66)61-48-57-21-33(2)46(63-48)36-13-15-44(40(53)19-36)70-31-51(5,6)29-55/h7-15,18-25,41-42H,16-17,26-27,30-31H2,1-6H3,(H,56,60,62)(H,57,61,63). The Morgan fingerprint density at radius 3 is 1.71 bits per heavy atom. The number of anilines is 4. The molecule has 0 saturated carbocycles. The van der Waals surface area contributed by atoms with Crippen molar-refractivity contribution < 1.29 is 27.8 Å². The largest absolute Gasteiger partial charge is 0.489 e. The molecule has 8 rings (SSSR count). The van der Waals surface area contributed by atoms with Crippen molar-refractivity contribution >= 4 is 29.4 Å². The van der Waals surface area contributed by atoms with E-state index in [-0.39, 0.29) is 55.8 Å². The first-order valence-corrected chi connectivity index (χ1v) is 22.5. The van der Waals surface area contributed by atoms with Gasteiger partial charge in [-0.25, -0.2) is 33.5 Å². The van der Waals surface area contributed by atoms with Crippen molar-refractivity contribution in [2.45, 2.75) is 66.7 Å². The predicted octanol–water partition coefficient (Wildman–Crippen LogP) is 10.1. The number of ether oxygens (including phenoxy) is 3. The molecule has 2 unspecified atom stereocenters. The van der Waals surface area contributed by atoms with Gasteiger partial charge in [-0.1, -0.05) is 30.3 Å². The van der Waals surface area contributed by atoms with Crippen molar-refractivity contribution in [2.24, 2.45) is 10.8 Å². The van der Waals surface area contributed by atoms with Crippen LogP contribution in [0.3, 0.4) is 0 Å². The zero-order chi connectivity index (χ0) is 49.6. The normalized spacial score (nSPS) is 14.9. The molecular weight excluding hydrogens is 897 g/mol. The number of aromatic nitrogens is 8. The maximum atomic E-state index is 15.2. The summed E-state index contributed by atoms with van der Waals surface area (Å²) >= 11 is 0. The number of amides is 1. The van der Waals surface area contributed by atoms with Crippen LogP contribution in [0.5, 0.6) is 11.5 Å². The number of rotatable bonds is 16. The van der Waals surface area contributed by atoms with Crippen molar-refractivity contribution in [3.05, 3.63) is 132 Å². The van der Waals surface area contributed by atoms with Crippen molar-refractivity contribution in [2.75, 3.05) is 36.9 Å². The van der Waals surface area contributed by atoms with Crippen molar-refractivity contribution in [1.29, 1.82) is 10.5 Å². The Balaban J connectivity index is 1.00. The Morgan fingerprint density at radius 1 is 0.729 bits per heavy atom. The minimum atomic E-state index is -0.782. The van der Waals surface area contributed by atoms with Gasteiger partial charge < -0.3 is 29.7 Å². The molecule has 70 heavy (non-hydrogen) atoms. The molecule has 5 heterocycles. The highest BCUT2D eigenvalue weighted by molar-refractivity contribution is 5.69. The Kier molecular flexibility index (Phi) is 14.0. The van der Waals surface area contributed by atoms with Gasteiger partial charge in [-0.05, 0) is 101 Å². The molecule has 0 bridgehead atoms. The fourth-order valence-electron chi connectivity index (χ4n) is 7.59. The summed E-state index contributed by atoms with van der Waals surface area (Å²) in [6, 6.07) is 22.2. The van der Waals surface area contributed by atoms with E-state index in [9.17, 15) is 15.3 Å². The minimum absolute atomic E-state index is 0.0296. The van der Waals surface area contributed by atoms with Crippen LogP contribution in [0.4, 0.5) is 36.8 Å². The number of hydrogen-bond donors (Lipinski definition) is 2. The number of nitrogens with one attached hydrogen (secondary N) is 2. The third-order valence-corrected chi connectivity index (χ3v) is 11.5. The maximum Gasteiger partial charge on any atom is 0.410 e. The average Bonchev–Trinajstić information content (AvgIpc) is 4.03. The van der Waals surface area contributed by atoms with Crippen LogP contribution in [0.2, 0.25) is 0 Å². The zero-order valence-corrected chi connectivity index (χ0v) is 39.5. The molecule has 358 valence electrons. The van der Waals surface area contributed by atoms with E-state index in [1.807, 2.05) is 55.1 Å². The number of hydrogen-bond acceptors (Lipinski definition) is 14. The lowest BCUT2D eigenvalue weighted by molar-refractivity contribution is 0.0638. The zero-order valence-electron chi connectivity index (χ0n) is 39.5. The van der Waals surface area contributed by atoms with Crippen LogP contribution in [0.15, 0.2) is 104 Å². The van der Waals surface area contributed by atoms with Gasteiger partial charge in [0.15, 0.2) is 23.1 Å². The summed E-state index contributed by atoms with van der Waals surface area (Å²) in [5.41, 5.74) is 3.96. The number of carbonyl (C=O) groups excluding carboxylic acids is 1. The molecule has 1 amide bonds. The summed E-state index contributed by atoms with van der Waals surface area (Å²) in [4.78, 5) is 33.6. The van der Waals surface area contributed by atoms with Crippen LogP contribution in [-0.2, 0) is 11.3 Å². The highest BCUT2D eigenvalue weighted by Gasteiger charge is 2.36. The van der Waals surface area contributed by atoms with E-state index in [2.05, 4.69) is 32.7 Å². The Bertz CT molecular complexity index is 3090. The predicted molar refractivity (Wildman–Crippen MR) is 256 cm³/mol. The number of benzene rings is 3.